The number of benzene rings is 2. The molecule has 5 aromatic heterocycles. The van der Waals surface area contributed by atoms with Crippen LogP contribution in [0.5, 0.6) is 0 Å². The van der Waals surface area contributed by atoms with E-state index in [0.29, 0.717) is 17.5 Å². The van der Waals surface area contributed by atoms with Gasteiger partial charge < -0.3 is 8.98 Å². The molecular weight excluding hydrogens is 855 g/mol. The zero-order valence-corrected chi connectivity index (χ0v) is 35.6. The molecule has 0 atom stereocenters. The zero-order valence-electron chi connectivity index (χ0n) is 31.1. The molecule has 0 aliphatic heterocycles. The summed E-state index contributed by atoms with van der Waals surface area (Å²) in [6, 6.07) is 25.5. The minimum absolute atomic E-state index is 0. The van der Waals surface area contributed by atoms with Gasteiger partial charge in [0.25, 0.3) is 0 Å². The predicted octanol–water partition coefficient (Wildman–Crippen LogP) is 10.7. The third-order valence-electron chi connectivity index (χ3n) is 9.08. The second-order valence-electron chi connectivity index (χ2n) is 14.9. The van der Waals surface area contributed by atoms with Gasteiger partial charge in [0.15, 0.2) is 0 Å². The molecule has 0 aliphatic carbocycles. The molecule has 0 aliphatic rings. The van der Waals surface area contributed by atoms with Gasteiger partial charge in [-0.1, -0.05) is 30.7 Å². The molecule has 7 rings (SSSR count). The summed E-state index contributed by atoms with van der Waals surface area (Å²) in [6.07, 6.45) is 3.93. The van der Waals surface area contributed by atoms with E-state index in [1.807, 2.05) is 50.4 Å². The number of rotatable bonds is 6. The van der Waals surface area contributed by atoms with Crippen molar-refractivity contribution in [3.8, 4) is 22.6 Å². The van der Waals surface area contributed by atoms with Gasteiger partial charge in [0.1, 0.15) is 0 Å². The van der Waals surface area contributed by atoms with Crippen LogP contribution in [0, 0.1) is 26.0 Å². The molecule has 7 aromatic rings. The van der Waals surface area contributed by atoms with E-state index in [0.717, 1.165) is 61.4 Å². The van der Waals surface area contributed by atoms with Crippen molar-refractivity contribution < 1.29 is 24.5 Å². The van der Waals surface area contributed by atoms with Crippen molar-refractivity contribution in [3.63, 3.8) is 0 Å². The number of furan rings is 1. The fourth-order valence-electron chi connectivity index (χ4n) is 6.60. The average Bonchev–Trinajstić information content (AvgIpc) is 3.64. The minimum Gasteiger partial charge on any atom is -0.486 e. The zero-order chi connectivity index (χ0) is 35.2. The number of aromatic nitrogens is 5. The number of hydrogen-bond donors (Lipinski definition) is 0. The molecule has 2 aromatic carbocycles. The van der Waals surface area contributed by atoms with Gasteiger partial charge in [-0.25, -0.2) is 4.98 Å². The fourth-order valence-corrected chi connectivity index (χ4v) is 10.1. The van der Waals surface area contributed by atoms with Crippen molar-refractivity contribution in [2.75, 3.05) is 0 Å². The van der Waals surface area contributed by atoms with Gasteiger partial charge in [-0.15, -0.1) is 17.7 Å². The van der Waals surface area contributed by atoms with Gasteiger partial charge in [0.2, 0.25) is 5.71 Å². The van der Waals surface area contributed by atoms with E-state index in [2.05, 4.69) is 121 Å². The van der Waals surface area contributed by atoms with E-state index >= 15 is 0 Å². The van der Waals surface area contributed by atoms with Gasteiger partial charge in [-0.3, -0.25) is 9.97 Å². The Morgan fingerprint density at radius 2 is 1.58 bits per heavy atom. The number of fused-ring (bicyclic) bond motifs is 4. The molecule has 261 valence electrons. The summed E-state index contributed by atoms with van der Waals surface area (Å²) >= 11 is -1.85. The topological polar surface area (TPSA) is 69.6 Å². The van der Waals surface area contributed by atoms with Crippen LogP contribution in [0.2, 0.25) is 17.3 Å². The van der Waals surface area contributed by atoms with E-state index < -0.39 is 13.3 Å². The normalized spacial score (nSPS) is 11.9. The molecule has 0 unspecified atom stereocenters. The summed E-state index contributed by atoms with van der Waals surface area (Å²) in [4.78, 5) is 18.8. The van der Waals surface area contributed by atoms with Crippen LogP contribution in [0.25, 0.3) is 55.7 Å². The first-order valence-corrected chi connectivity index (χ1v) is 24.7. The van der Waals surface area contributed by atoms with Gasteiger partial charge in [-0.05, 0) is 45.9 Å². The SMILES string of the molecule is CC(C)c1cc(-c2[c-]cccc2)nc[c]1[Ge]([CH3])([CH3])[CH3].Cc1ccc2c(n1)oc1c(-c3nc4ccnc(C)c4n3C(C)C)[c-]cc(C(C)C)c12.[Ir]. The van der Waals surface area contributed by atoms with Crippen LogP contribution in [0.1, 0.15) is 81.9 Å². The Bertz CT molecular complexity index is 2280. The summed E-state index contributed by atoms with van der Waals surface area (Å²) < 4.78 is 10.1. The van der Waals surface area contributed by atoms with Crippen LogP contribution in [-0.2, 0) is 20.1 Å². The molecule has 50 heavy (non-hydrogen) atoms. The first kappa shape index (κ1) is 37.6. The van der Waals surface area contributed by atoms with Crippen LogP contribution in [0.15, 0.2) is 71.4 Å². The molecule has 8 heteroatoms. The van der Waals surface area contributed by atoms with E-state index in [1.165, 1.54) is 15.5 Å². The molecule has 0 N–H and O–H groups in total. The third-order valence-corrected chi connectivity index (χ3v) is 13.3. The number of nitrogens with zero attached hydrogens (tertiary/aromatic N) is 5. The van der Waals surface area contributed by atoms with Crippen molar-refractivity contribution in [1.82, 2.24) is 24.5 Å². The van der Waals surface area contributed by atoms with Crippen molar-refractivity contribution in [1.29, 1.82) is 0 Å². The summed E-state index contributed by atoms with van der Waals surface area (Å²) in [6.45, 7) is 17.3. The molecule has 0 amide bonds. The van der Waals surface area contributed by atoms with E-state index in [4.69, 9.17) is 9.40 Å². The first-order chi connectivity index (χ1) is 23.3. The van der Waals surface area contributed by atoms with Crippen molar-refractivity contribution in [2.45, 2.75) is 90.5 Å². The van der Waals surface area contributed by atoms with Crippen molar-refractivity contribution in [2.24, 2.45) is 0 Å². The maximum atomic E-state index is 6.36. The molecule has 0 bridgehead atoms. The van der Waals surface area contributed by atoms with Crippen molar-refractivity contribution >= 4 is 50.8 Å². The summed E-state index contributed by atoms with van der Waals surface area (Å²) in [5, 5.41) is 2.15. The van der Waals surface area contributed by atoms with Crippen LogP contribution in [-0.4, -0.2) is 37.8 Å². The second kappa shape index (κ2) is 14.9. The van der Waals surface area contributed by atoms with E-state index in [-0.39, 0.29) is 26.1 Å². The standard InChI is InChI=1S/C25H25N4O.C17H22GeN.Ir/c1-13(2)17-9-10-19(23-21(17)18-8-7-15(5)27-25(18)30-23)24-28-20-11-12-26-16(6)22(20)29(24)14(3)4;1-13(2)15-11-17(14-9-7-6-8-10-14)19-12-16(15)18(3,4)5;/h7-9,11-14H,1-6H3;6-9,11-13H,1-5H3;/q2*-1;. The summed E-state index contributed by atoms with van der Waals surface area (Å²) in [5.41, 5.74) is 11.0. The molecule has 5 heterocycles. The first-order valence-electron chi connectivity index (χ1n) is 17.3. The summed E-state index contributed by atoms with van der Waals surface area (Å²) in [7, 11) is 0. The average molecular weight is 903 g/mol. The molecule has 0 spiro atoms. The van der Waals surface area contributed by atoms with Crippen LogP contribution < -0.4 is 4.40 Å². The van der Waals surface area contributed by atoms with Crippen LogP contribution in [0.3, 0.4) is 0 Å². The molecule has 0 saturated carbocycles. The van der Waals surface area contributed by atoms with E-state index in [1.54, 1.807) is 0 Å². The fraction of sp³-hybridized carbons (Fsp3) is 0.333. The number of aryl methyl sites for hydroxylation is 2. The largest absolute Gasteiger partial charge is 0.486 e. The van der Waals surface area contributed by atoms with Gasteiger partial charge in [-0.2, -0.15) is 0 Å². The van der Waals surface area contributed by atoms with E-state index in [9.17, 15) is 0 Å². The third kappa shape index (κ3) is 7.23. The van der Waals surface area contributed by atoms with Gasteiger partial charge in [0, 0.05) is 43.4 Å². The van der Waals surface area contributed by atoms with Crippen molar-refractivity contribution in [3.05, 3.63) is 102 Å². The molecule has 6 nitrogen and oxygen atoms in total. The maximum Gasteiger partial charge on any atom is 0.216 e. The molecule has 0 saturated heterocycles. The Balaban J connectivity index is 0.000000211. The maximum absolute atomic E-state index is 6.36. The predicted molar refractivity (Wildman–Crippen MR) is 206 cm³/mol. The molecular formula is C42H47GeIrN5O-2. The Morgan fingerprint density at radius 1 is 0.840 bits per heavy atom. The number of pyridine rings is 3. The Labute approximate surface area is 312 Å². The van der Waals surface area contributed by atoms with Gasteiger partial charge >= 0.3 is 119 Å². The number of hydrogen-bond acceptors (Lipinski definition) is 5. The Morgan fingerprint density at radius 3 is 2.22 bits per heavy atom. The minimum atomic E-state index is -1.85. The second-order valence-corrected chi connectivity index (χ2v) is 25.5. The van der Waals surface area contributed by atoms with Gasteiger partial charge in [0.05, 0.1) is 28.1 Å². The van der Waals surface area contributed by atoms with Crippen LogP contribution >= 0.6 is 0 Å². The number of imidazole rings is 1. The quantitative estimate of drug-likeness (QED) is 0.123. The molecule has 0 fully saturated rings. The monoisotopic (exact) mass is 904 g/mol. The van der Waals surface area contributed by atoms with Crippen LogP contribution in [0.4, 0.5) is 0 Å². The Hall–Kier alpha value is -3.65. The summed E-state index contributed by atoms with van der Waals surface area (Å²) in [5.74, 6) is 9.03. The Kier molecular flexibility index (Phi) is 11.2. The molecule has 1 radical (unpaired) electrons. The smallest absolute Gasteiger partial charge is 0.216 e.